The molecule has 1 aromatic carbocycles. The number of benzene rings is 1. The Morgan fingerprint density at radius 1 is 1.33 bits per heavy atom. The number of rotatable bonds is 2. The number of fused-ring (bicyclic) bond motifs is 1. The molecule has 3 nitrogen and oxygen atoms in total. The lowest BCUT2D eigenvalue weighted by atomic mass is 9.83. The zero-order chi connectivity index (χ0) is 13.3. The van der Waals surface area contributed by atoms with Crippen LogP contribution in [0.2, 0.25) is 0 Å². The molecular weight excluding hydrogens is 226 g/mol. The third-order valence-corrected chi connectivity index (χ3v) is 3.46. The second kappa shape index (κ2) is 4.90. The SMILES string of the molecule is CONC1CCOc2c(C)cc(C(C)(C)C)cc21. The van der Waals surface area contributed by atoms with Crippen molar-refractivity contribution in [2.45, 2.75) is 45.6 Å². The fraction of sp³-hybridized carbons (Fsp3) is 0.600. The lowest BCUT2D eigenvalue weighted by Crippen LogP contribution is -2.27. The maximum atomic E-state index is 5.80. The van der Waals surface area contributed by atoms with E-state index in [0.29, 0.717) is 0 Å². The first-order valence-electron chi connectivity index (χ1n) is 6.50. The molecule has 0 bridgehead atoms. The molecule has 1 unspecified atom stereocenters. The van der Waals surface area contributed by atoms with Gasteiger partial charge in [0.05, 0.1) is 19.8 Å². The quantitative estimate of drug-likeness (QED) is 0.816. The predicted octanol–water partition coefficient (Wildman–Crippen LogP) is 3.27. The fourth-order valence-electron chi connectivity index (χ4n) is 2.39. The average Bonchev–Trinajstić information content (AvgIpc) is 2.29. The van der Waals surface area contributed by atoms with Crippen LogP contribution in [0.25, 0.3) is 0 Å². The minimum Gasteiger partial charge on any atom is -0.493 e. The van der Waals surface area contributed by atoms with Crippen LogP contribution in [-0.2, 0) is 10.3 Å². The van der Waals surface area contributed by atoms with Gasteiger partial charge in [0, 0.05) is 12.0 Å². The summed E-state index contributed by atoms with van der Waals surface area (Å²) in [7, 11) is 1.66. The molecule has 1 aliphatic heterocycles. The zero-order valence-electron chi connectivity index (χ0n) is 12.0. The van der Waals surface area contributed by atoms with E-state index < -0.39 is 0 Å². The Balaban J connectivity index is 2.48. The maximum absolute atomic E-state index is 5.80. The Morgan fingerprint density at radius 3 is 2.67 bits per heavy atom. The average molecular weight is 249 g/mol. The van der Waals surface area contributed by atoms with Crippen LogP contribution in [0.1, 0.15) is 49.9 Å². The van der Waals surface area contributed by atoms with Gasteiger partial charge in [-0.15, -0.1) is 0 Å². The minimum atomic E-state index is 0.148. The summed E-state index contributed by atoms with van der Waals surface area (Å²) >= 11 is 0. The summed E-state index contributed by atoms with van der Waals surface area (Å²) in [5.41, 5.74) is 6.98. The van der Waals surface area contributed by atoms with Gasteiger partial charge >= 0.3 is 0 Å². The topological polar surface area (TPSA) is 30.5 Å². The molecule has 2 rings (SSSR count). The number of hydroxylamine groups is 1. The molecule has 1 heterocycles. The molecule has 3 heteroatoms. The highest BCUT2D eigenvalue weighted by Crippen LogP contribution is 2.38. The van der Waals surface area contributed by atoms with Gasteiger partial charge in [0.15, 0.2) is 0 Å². The van der Waals surface area contributed by atoms with Gasteiger partial charge in [-0.1, -0.05) is 26.8 Å². The molecule has 1 aliphatic rings. The summed E-state index contributed by atoms with van der Waals surface area (Å²) in [4.78, 5) is 5.10. The fourth-order valence-corrected chi connectivity index (χ4v) is 2.39. The van der Waals surface area contributed by atoms with Crippen LogP contribution in [0.3, 0.4) is 0 Å². The van der Waals surface area contributed by atoms with E-state index in [2.05, 4.69) is 45.3 Å². The molecule has 0 saturated heterocycles. The number of nitrogens with one attached hydrogen (secondary N) is 1. The van der Waals surface area contributed by atoms with Crippen molar-refractivity contribution >= 4 is 0 Å². The first kappa shape index (κ1) is 13.4. The number of ether oxygens (including phenoxy) is 1. The van der Waals surface area contributed by atoms with Crippen LogP contribution in [0.4, 0.5) is 0 Å². The normalized spacial score (nSPS) is 19.3. The Labute approximate surface area is 109 Å². The van der Waals surface area contributed by atoms with Crippen molar-refractivity contribution in [3.63, 3.8) is 0 Å². The summed E-state index contributed by atoms with van der Waals surface area (Å²) < 4.78 is 5.80. The summed E-state index contributed by atoms with van der Waals surface area (Å²) in [6, 6.07) is 4.70. The number of hydrogen-bond donors (Lipinski definition) is 1. The van der Waals surface area contributed by atoms with Gasteiger partial charge in [-0.05, 0) is 29.5 Å². The monoisotopic (exact) mass is 249 g/mol. The lowest BCUT2D eigenvalue weighted by Gasteiger charge is -2.30. The second-order valence-corrected chi connectivity index (χ2v) is 5.97. The highest BCUT2D eigenvalue weighted by atomic mass is 16.6. The molecule has 1 N–H and O–H groups in total. The highest BCUT2D eigenvalue weighted by molar-refractivity contribution is 5.48. The first-order chi connectivity index (χ1) is 8.43. The van der Waals surface area contributed by atoms with Gasteiger partial charge in [0.25, 0.3) is 0 Å². The van der Waals surface area contributed by atoms with E-state index in [9.17, 15) is 0 Å². The van der Waals surface area contributed by atoms with Crippen LogP contribution < -0.4 is 10.2 Å². The van der Waals surface area contributed by atoms with Gasteiger partial charge in [-0.2, -0.15) is 5.48 Å². The third kappa shape index (κ3) is 2.52. The molecule has 1 aromatic rings. The summed E-state index contributed by atoms with van der Waals surface area (Å²) in [6.45, 7) is 9.55. The van der Waals surface area contributed by atoms with Crippen molar-refractivity contribution in [2.24, 2.45) is 0 Å². The van der Waals surface area contributed by atoms with Crippen molar-refractivity contribution in [1.82, 2.24) is 5.48 Å². The summed E-state index contributed by atoms with van der Waals surface area (Å²) in [6.07, 6.45) is 0.938. The van der Waals surface area contributed by atoms with Crippen LogP contribution in [0, 0.1) is 6.92 Å². The second-order valence-electron chi connectivity index (χ2n) is 5.97. The lowest BCUT2D eigenvalue weighted by molar-refractivity contribution is 0.0461. The van der Waals surface area contributed by atoms with Crippen LogP contribution in [0.15, 0.2) is 12.1 Å². The Bertz CT molecular complexity index is 435. The van der Waals surface area contributed by atoms with Crippen molar-refractivity contribution < 1.29 is 9.57 Å². The Kier molecular flexibility index (Phi) is 3.64. The smallest absolute Gasteiger partial charge is 0.127 e. The number of aryl methyl sites for hydroxylation is 1. The molecule has 0 radical (unpaired) electrons. The zero-order valence-corrected chi connectivity index (χ0v) is 12.0. The summed E-state index contributed by atoms with van der Waals surface area (Å²) in [5, 5.41) is 0. The number of hydrogen-bond acceptors (Lipinski definition) is 3. The molecule has 18 heavy (non-hydrogen) atoms. The van der Waals surface area contributed by atoms with E-state index in [-0.39, 0.29) is 11.5 Å². The molecule has 100 valence electrons. The highest BCUT2D eigenvalue weighted by Gasteiger charge is 2.26. The van der Waals surface area contributed by atoms with Gasteiger partial charge in [-0.3, -0.25) is 0 Å². The molecular formula is C15H23NO2. The molecule has 0 spiro atoms. The van der Waals surface area contributed by atoms with Crippen molar-refractivity contribution in [1.29, 1.82) is 0 Å². The standard InChI is InChI=1S/C15H23NO2/c1-10-8-11(15(2,3)4)9-12-13(16-17-5)6-7-18-14(10)12/h8-9,13,16H,6-7H2,1-5H3. The molecule has 0 aromatic heterocycles. The van der Waals surface area contributed by atoms with Crippen molar-refractivity contribution in [3.8, 4) is 5.75 Å². The Morgan fingerprint density at radius 2 is 2.06 bits per heavy atom. The van der Waals surface area contributed by atoms with Gasteiger partial charge in [-0.25, -0.2) is 0 Å². The van der Waals surface area contributed by atoms with E-state index in [4.69, 9.17) is 9.57 Å². The van der Waals surface area contributed by atoms with E-state index in [0.717, 1.165) is 18.8 Å². The van der Waals surface area contributed by atoms with E-state index in [1.54, 1.807) is 7.11 Å². The predicted molar refractivity (Wildman–Crippen MR) is 72.9 cm³/mol. The third-order valence-electron chi connectivity index (χ3n) is 3.46. The minimum absolute atomic E-state index is 0.148. The van der Waals surface area contributed by atoms with Gasteiger partial charge in [0.1, 0.15) is 5.75 Å². The molecule has 0 amide bonds. The van der Waals surface area contributed by atoms with E-state index >= 15 is 0 Å². The largest absolute Gasteiger partial charge is 0.493 e. The maximum Gasteiger partial charge on any atom is 0.127 e. The van der Waals surface area contributed by atoms with Crippen LogP contribution in [0.5, 0.6) is 5.75 Å². The van der Waals surface area contributed by atoms with E-state index in [1.165, 1.54) is 16.7 Å². The van der Waals surface area contributed by atoms with Gasteiger partial charge < -0.3 is 9.57 Å². The molecule has 0 aliphatic carbocycles. The summed E-state index contributed by atoms with van der Waals surface area (Å²) in [5.74, 6) is 1.02. The Hall–Kier alpha value is -1.06. The first-order valence-corrected chi connectivity index (χ1v) is 6.50. The molecule has 1 atom stereocenters. The van der Waals surface area contributed by atoms with E-state index in [1.807, 2.05) is 0 Å². The molecule has 0 fully saturated rings. The van der Waals surface area contributed by atoms with Crippen LogP contribution >= 0.6 is 0 Å². The van der Waals surface area contributed by atoms with Crippen LogP contribution in [-0.4, -0.2) is 13.7 Å². The van der Waals surface area contributed by atoms with Crippen molar-refractivity contribution in [3.05, 3.63) is 28.8 Å². The van der Waals surface area contributed by atoms with Crippen molar-refractivity contribution in [2.75, 3.05) is 13.7 Å². The van der Waals surface area contributed by atoms with Gasteiger partial charge in [0.2, 0.25) is 0 Å². The molecule has 0 saturated carbocycles.